The molecule has 2 aromatic heterocycles. The summed E-state index contributed by atoms with van der Waals surface area (Å²) in [5, 5.41) is 18.5. The molecule has 0 aliphatic carbocycles. The van der Waals surface area contributed by atoms with Gasteiger partial charge in [0.25, 0.3) is 5.91 Å². The Balaban J connectivity index is 1.68. The van der Waals surface area contributed by atoms with E-state index >= 15 is 0 Å². The maximum atomic E-state index is 13.4. The van der Waals surface area contributed by atoms with Gasteiger partial charge in [-0.25, -0.2) is 0 Å². The zero-order chi connectivity index (χ0) is 21.5. The van der Waals surface area contributed by atoms with Crippen LogP contribution in [0.15, 0.2) is 67.0 Å². The number of hydrogen-bond acceptors (Lipinski definition) is 4. The van der Waals surface area contributed by atoms with E-state index < -0.39 is 0 Å². The summed E-state index contributed by atoms with van der Waals surface area (Å²) in [5.74, 6) is -0.0784. The van der Waals surface area contributed by atoms with Crippen LogP contribution in [0.1, 0.15) is 38.8 Å². The van der Waals surface area contributed by atoms with Gasteiger partial charge in [-0.2, -0.15) is 5.10 Å². The first-order chi connectivity index (χ1) is 15.0. The molecule has 3 heterocycles. The number of aryl methyl sites for hydroxylation is 1. The Morgan fingerprint density at radius 1 is 1.16 bits per heavy atom. The molecule has 0 saturated carbocycles. The fourth-order valence-electron chi connectivity index (χ4n) is 4.09. The van der Waals surface area contributed by atoms with Crippen molar-refractivity contribution >= 4 is 17.5 Å². The van der Waals surface area contributed by atoms with Crippen LogP contribution < -0.4 is 0 Å². The Bertz CT molecular complexity index is 1270. The van der Waals surface area contributed by atoms with E-state index in [0.29, 0.717) is 28.5 Å². The molecule has 154 valence electrons. The predicted molar refractivity (Wildman–Crippen MR) is 118 cm³/mol. The molecule has 1 aliphatic rings. The Labute approximate surface area is 184 Å². The minimum absolute atomic E-state index is 0.0705. The molecule has 1 amide bonds. The van der Waals surface area contributed by atoms with Gasteiger partial charge in [0, 0.05) is 35.1 Å². The maximum absolute atomic E-state index is 13.4. The number of halogens is 1. The molecule has 0 radical (unpaired) electrons. The van der Waals surface area contributed by atoms with E-state index in [0.717, 1.165) is 22.3 Å². The van der Waals surface area contributed by atoms with Crippen LogP contribution in [-0.2, 0) is 6.54 Å². The number of carbonyl (C=O) groups is 1. The lowest BCUT2D eigenvalue weighted by atomic mass is 9.95. The van der Waals surface area contributed by atoms with E-state index in [1.807, 2.05) is 49.4 Å². The monoisotopic (exact) mass is 430 g/mol. The van der Waals surface area contributed by atoms with Crippen molar-refractivity contribution in [1.29, 1.82) is 0 Å². The molecule has 2 N–H and O–H groups in total. The number of H-pyrrole nitrogens is 1. The van der Waals surface area contributed by atoms with Crippen LogP contribution in [0.3, 0.4) is 0 Å². The molecule has 4 aromatic rings. The van der Waals surface area contributed by atoms with E-state index in [1.165, 1.54) is 0 Å². The number of phenols is 1. The molecule has 1 aliphatic heterocycles. The second kappa shape index (κ2) is 7.56. The van der Waals surface area contributed by atoms with Crippen molar-refractivity contribution in [2.75, 3.05) is 0 Å². The second-order valence-electron chi connectivity index (χ2n) is 7.59. The quantitative estimate of drug-likeness (QED) is 0.483. The molecule has 2 aromatic carbocycles. The highest BCUT2D eigenvalue weighted by molar-refractivity contribution is 6.31. The number of rotatable bonds is 4. The number of benzene rings is 2. The van der Waals surface area contributed by atoms with E-state index in [2.05, 4.69) is 15.2 Å². The Morgan fingerprint density at radius 2 is 1.97 bits per heavy atom. The molecular weight excluding hydrogens is 412 g/mol. The predicted octanol–water partition coefficient (Wildman–Crippen LogP) is 4.88. The van der Waals surface area contributed by atoms with Crippen molar-refractivity contribution in [3.63, 3.8) is 0 Å². The van der Waals surface area contributed by atoms with E-state index in [4.69, 9.17) is 11.6 Å². The van der Waals surface area contributed by atoms with Crippen molar-refractivity contribution in [2.45, 2.75) is 19.5 Å². The smallest absolute Gasteiger partial charge is 0.273 e. The molecule has 1 atom stereocenters. The maximum Gasteiger partial charge on any atom is 0.273 e. The molecule has 5 rings (SSSR count). The third-order valence-corrected chi connectivity index (χ3v) is 5.99. The summed E-state index contributed by atoms with van der Waals surface area (Å²) in [7, 11) is 0. The molecule has 0 unspecified atom stereocenters. The van der Waals surface area contributed by atoms with Gasteiger partial charge in [-0.15, -0.1) is 0 Å². The molecule has 0 spiro atoms. The molecule has 0 fully saturated rings. The molecular formula is C24H19ClN4O2. The number of nitrogens with one attached hydrogen (secondary N) is 1. The first kappa shape index (κ1) is 19.3. The van der Waals surface area contributed by atoms with Crippen LogP contribution in [0.25, 0.3) is 11.3 Å². The van der Waals surface area contributed by atoms with Gasteiger partial charge in [-0.1, -0.05) is 48.0 Å². The number of hydrogen-bond donors (Lipinski definition) is 2. The SMILES string of the molecule is Cc1cc(O)c(-c2n[nH]c3c2[C@@H](c2ccccc2)N(Cc2cccnc2)C3=O)cc1Cl. The average molecular weight is 431 g/mol. The summed E-state index contributed by atoms with van der Waals surface area (Å²) in [4.78, 5) is 19.4. The molecule has 0 saturated heterocycles. The highest BCUT2D eigenvalue weighted by Gasteiger charge is 2.42. The fourth-order valence-corrected chi connectivity index (χ4v) is 4.25. The minimum Gasteiger partial charge on any atom is -0.507 e. The van der Waals surface area contributed by atoms with Crippen molar-refractivity contribution in [1.82, 2.24) is 20.1 Å². The summed E-state index contributed by atoms with van der Waals surface area (Å²) in [6.45, 7) is 2.22. The number of phenolic OH excluding ortho intramolecular Hbond substituents is 1. The van der Waals surface area contributed by atoms with Crippen molar-refractivity contribution in [3.8, 4) is 17.0 Å². The van der Waals surface area contributed by atoms with E-state index in [-0.39, 0.29) is 17.7 Å². The lowest BCUT2D eigenvalue weighted by Crippen LogP contribution is -2.29. The number of amides is 1. The van der Waals surface area contributed by atoms with Gasteiger partial charge in [0.2, 0.25) is 0 Å². The van der Waals surface area contributed by atoms with Crippen LogP contribution in [-0.4, -0.2) is 31.1 Å². The minimum atomic E-state index is -0.364. The Hall–Kier alpha value is -3.64. The standard InChI is InChI=1S/C24H19ClN4O2/c1-14-10-19(30)17(11-18(14)25)21-20-22(28-27-21)24(31)29(13-15-6-5-9-26-12-15)23(20)16-7-3-2-4-8-16/h2-12,23,30H,13H2,1H3,(H,27,28)/t23-/m1/s1. The van der Waals surface area contributed by atoms with Crippen LogP contribution in [0, 0.1) is 6.92 Å². The summed E-state index contributed by atoms with van der Waals surface area (Å²) in [6.07, 6.45) is 3.46. The topological polar surface area (TPSA) is 82.1 Å². The third kappa shape index (κ3) is 3.25. The van der Waals surface area contributed by atoms with Gasteiger partial charge in [0.15, 0.2) is 0 Å². The highest BCUT2D eigenvalue weighted by Crippen LogP contribution is 2.45. The van der Waals surface area contributed by atoms with Crippen molar-refractivity contribution < 1.29 is 9.90 Å². The fraction of sp³-hybridized carbons (Fsp3) is 0.125. The van der Waals surface area contributed by atoms with Gasteiger partial charge >= 0.3 is 0 Å². The lowest BCUT2D eigenvalue weighted by Gasteiger charge is -2.26. The summed E-state index contributed by atoms with van der Waals surface area (Å²) >= 11 is 6.34. The number of pyridine rings is 1. The molecule has 7 heteroatoms. The Kier molecular flexibility index (Phi) is 4.71. The van der Waals surface area contributed by atoms with Gasteiger partial charge in [-0.3, -0.25) is 14.9 Å². The van der Waals surface area contributed by atoms with E-state index in [9.17, 15) is 9.90 Å². The zero-order valence-corrected chi connectivity index (χ0v) is 17.5. The van der Waals surface area contributed by atoms with Gasteiger partial charge < -0.3 is 10.0 Å². The summed E-state index contributed by atoms with van der Waals surface area (Å²) in [5.41, 5.74) is 4.81. The normalized spacial score (nSPS) is 15.4. The highest BCUT2D eigenvalue weighted by atomic mass is 35.5. The molecule has 6 nitrogen and oxygen atoms in total. The number of aromatic amines is 1. The van der Waals surface area contributed by atoms with Gasteiger partial charge in [0.1, 0.15) is 17.1 Å². The zero-order valence-electron chi connectivity index (χ0n) is 16.7. The number of aromatic hydroxyl groups is 1. The second-order valence-corrected chi connectivity index (χ2v) is 7.99. The number of carbonyl (C=O) groups excluding carboxylic acids is 1. The number of aromatic nitrogens is 3. The van der Waals surface area contributed by atoms with Gasteiger partial charge in [-0.05, 0) is 41.8 Å². The largest absolute Gasteiger partial charge is 0.507 e. The van der Waals surface area contributed by atoms with Crippen molar-refractivity contribution in [3.05, 3.63) is 100.0 Å². The van der Waals surface area contributed by atoms with Crippen LogP contribution >= 0.6 is 11.6 Å². The number of nitrogens with zero attached hydrogens (tertiary/aromatic N) is 3. The first-order valence-electron chi connectivity index (χ1n) is 9.87. The molecule has 31 heavy (non-hydrogen) atoms. The van der Waals surface area contributed by atoms with E-state index in [1.54, 1.807) is 29.4 Å². The lowest BCUT2D eigenvalue weighted by molar-refractivity contribution is 0.0730. The summed E-state index contributed by atoms with van der Waals surface area (Å²) < 4.78 is 0. The number of fused-ring (bicyclic) bond motifs is 1. The Morgan fingerprint density at radius 3 is 2.71 bits per heavy atom. The van der Waals surface area contributed by atoms with Crippen LogP contribution in [0.5, 0.6) is 5.75 Å². The van der Waals surface area contributed by atoms with Crippen molar-refractivity contribution in [2.24, 2.45) is 0 Å². The van der Waals surface area contributed by atoms with Crippen LogP contribution in [0.2, 0.25) is 5.02 Å². The summed E-state index contributed by atoms with van der Waals surface area (Å²) in [6, 6.07) is 16.5. The van der Waals surface area contributed by atoms with Crippen LogP contribution in [0.4, 0.5) is 0 Å². The molecule has 0 bridgehead atoms. The van der Waals surface area contributed by atoms with Gasteiger partial charge in [0.05, 0.1) is 6.04 Å². The average Bonchev–Trinajstić information content (AvgIpc) is 3.31. The first-order valence-corrected chi connectivity index (χ1v) is 10.2. The third-order valence-electron chi connectivity index (χ3n) is 5.59.